The largest absolute Gasteiger partial charge is 0.461 e. The van der Waals surface area contributed by atoms with Gasteiger partial charge in [0.25, 0.3) is 5.91 Å². The number of furan rings is 1. The molecule has 0 atom stereocenters. The molecule has 2 aromatic heterocycles. The Morgan fingerprint density at radius 3 is 2.81 bits per heavy atom. The van der Waals surface area contributed by atoms with E-state index in [1.54, 1.807) is 19.0 Å². The molecule has 1 amide bonds. The van der Waals surface area contributed by atoms with Crippen LogP contribution in [0.25, 0.3) is 11.3 Å². The number of aromatic nitrogens is 2. The van der Waals surface area contributed by atoms with Crippen LogP contribution in [0.15, 0.2) is 40.8 Å². The van der Waals surface area contributed by atoms with Gasteiger partial charge in [0.05, 0.1) is 0 Å². The fourth-order valence-electron chi connectivity index (χ4n) is 3.59. The monoisotopic (exact) mass is 364 g/mol. The summed E-state index contributed by atoms with van der Waals surface area (Å²) in [6.07, 6.45) is 0.866. The molecular weight excluding hydrogens is 340 g/mol. The summed E-state index contributed by atoms with van der Waals surface area (Å²) in [5, 5.41) is 7.32. The van der Waals surface area contributed by atoms with Gasteiger partial charge in [-0.25, -0.2) is 0 Å². The minimum absolute atomic E-state index is 0.0548. The fraction of sp³-hybridized carbons (Fsp3) is 0.333. The first-order valence-corrected chi connectivity index (χ1v) is 9.17. The van der Waals surface area contributed by atoms with Crippen LogP contribution in [-0.4, -0.2) is 46.5 Å². The number of fused-ring (bicyclic) bond motifs is 1. The molecule has 0 spiro atoms. The highest BCUT2D eigenvalue weighted by atomic mass is 16.3. The summed E-state index contributed by atoms with van der Waals surface area (Å²) >= 11 is 0. The highest BCUT2D eigenvalue weighted by molar-refractivity contribution is 5.93. The van der Waals surface area contributed by atoms with Crippen molar-refractivity contribution < 1.29 is 9.21 Å². The van der Waals surface area contributed by atoms with E-state index in [0.717, 1.165) is 47.9 Å². The molecule has 6 heteroatoms. The molecule has 0 saturated heterocycles. The topological polar surface area (TPSA) is 65.4 Å². The van der Waals surface area contributed by atoms with Crippen molar-refractivity contribution in [2.24, 2.45) is 0 Å². The number of rotatable bonds is 4. The van der Waals surface area contributed by atoms with E-state index in [-0.39, 0.29) is 5.91 Å². The van der Waals surface area contributed by atoms with Gasteiger partial charge in [0.2, 0.25) is 0 Å². The van der Waals surface area contributed by atoms with Crippen LogP contribution in [-0.2, 0) is 19.5 Å². The van der Waals surface area contributed by atoms with Crippen LogP contribution in [0.4, 0.5) is 0 Å². The number of amides is 1. The van der Waals surface area contributed by atoms with Gasteiger partial charge >= 0.3 is 0 Å². The summed E-state index contributed by atoms with van der Waals surface area (Å²) in [4.78, 5) is 16.3. The van der Waals surface area contributed by atoms with E-state index in [1.807, 2.05) is 25.1 Å². The summed E-state index contributed by atoms with van der Waals surface area (Å²) in [6, 6.07) is 12.3. The first kappa shape index (κ1) is 17.5. The van der Waals surface area contributed by atoms with Crippen LogP contribution in [0.5, 0.6) is 0 Å². The minimum Gasteiger partial charge on any atom is -0.461 e. The van der Waals surface area contributed by atoms with Gasteiger partial charge < -0.3 is 9.32 Å². The highest BCUT2D eigenvalue weighted by Crippen LogP contribution is 2.28. The molecule has 3 aromatic rings. The van der Waals surface area contributed by atoms with Gasteiger partial charge in [0.1, 0.15) is 11.5 Å². The minimum atomic E-state index is -0.0548. The number of carbonyl (C=O) groups excluding carboxylic acids is 1. The van der Waals surface area contributed by atoms with Crippen molar-refractivity contribution in [1.29, 1.82) is 0 Å². The second-order valence-electron chi connectivity index (χ2n) is 7.26. The lowest BCUT2D eigenvalue weighted by atomic mass is 10.0. The fourth-order valence-corrected chi connectivity index (χ4v) is 3.59. The van der Waals surface area contributed by atoms with Crippen molar-refractivity contribution in [3.8, 4) is 11.3 Å². The number of nitrogens with zero attached hydrogens (tertiary/aromatic N) is 3. The molecule has 1 aromatic carbocycles. The van der Waals surface area contributed by atoms with Crippen LogP contribution in [0.2, 0.25) is 0 Å². The van der Waals surface area contributed by atoms with Crippen molar-refractivity contribution >= 4 is 5.91 Å². The maximum absolute atomic E-state index is 12.4. The molecule has 0 aliphatic carbocycles. The lowest BCUT2D eigenvalue weighted by Crippen LogP contribution is -2.32. The van der Waals surface area contributed by atoms with E-state index in [2.05, 4.69) is 33.3 Å². The van der Waals surface area contributed by atoms with Crippen LogP contribution in [0, 0.1) is 6.92 Å². The van der Waals surface area contributed by atoms with Gasteiger partial charge in [-0.15, -0.1) is 0 Å². The number of aromatic amines is 1. The first-order valence-electron chi connectivity index (χ1n) is 9.17. The summed E-state index contributed by atoms with van der Waals surface area (Å²) in [6.45, 7) is 4.40. The Morgan fingerprint density at radius 2 is 2.07 bits per heavy atom. The zero-order valence-corrected chi connectivity index (χ0v) is 16.0. The van der Waals surface area contributed by atoms with E-state index in [0.29, 0.717) is 12.2 Å². The van der Waals surface area contributed by atoms with Gasteiger partial charge in [-0.05, 0) is 24.6 Å². The Hall–Kier alpha value is -2.86. The Labute approximate surface area is 158 Å². The molecule has 0 unspecified atom stereocenters. The molecule has 0 saturated carbocycles. The highest BCUT2D eigenvalue weighted by Gasteiger charge is 2.26. The van der Waals surface area contributed by atoms with Gasteiger partial charge in [-0.3, -0.25) is 14.8 Å². The smallest absolute Gasteiger partial charge is 0.274 e. The average molecular weight is 364 g/mol. The Morgan fingerprint density at radius 1 is 1.26 bits per heavy atom. The van der Waals surface area contributed by atoms with Crippen LogP contribution >= 0.6 is 0 Å². The number of hydrogen-bond acceptors (Lipinski definition) is 4. The van der Waals surface area contributed by atoms with Crippen LogP contribution in [0.1, 0.15) is 33.1 Å². The summed E-state index contributed by atoms with van der Waals surface area (Å²) in [7, 11) is 3.51. The molecule has 0 fully saturated rings. The van der Waals surface area contributed by atoms with Gasteiger partial charge in [-0.1, -0.05) is 24.3 Å². The van der Waals surface area contributed by atoms with E-state index in [9.17, 15) is 4.79 Å². The van der Waals surface area contributed by atoms with E-state index < -0.39 is 0 Å². The molecule has 0 bridgehead atoms. The number of carbonyl (C=O) groups is 1. The second-order valence-corrected chi connectivity index (χ2v) is 7.26. The SMILES string of the molecule is Cc1ccc(-c2ccccc2CN2CCc3[nH]nc(C(=O)N(C)C)c3C2)o1. The number of hydrogen-bond donors (Lipinski definition) is 1. The summed E-state index contributed by atoms with van der Waals surface area (Å²) < 4.78 is 5.84. The van der Waals surface area contributed by atoms with Crippen LogP contribution < -0.4 is 0 Å². The Kier molecular flexibility index (Phi) is 4.58. The molecule has 27 heavy (non-hydrogen) atoms. The first-order chi connectivity index (χ1) is 13.0. The molecule has 1 aliphatic heterocycles. The lowest BCUT2D eigenvalue weighted by Gasteiger charge is -2.27. The molecule has 4 rings (SSSR count). The number of aryl methyl sites for hydroxylation is 1. The standard InChI is InChI=1S/C21H24N4O2/c1-14-8-9-19(27-14)16-7-5-4-6-15(16)12-25-11-10-18-17(13-25)20(23-22-18)21(26)24(2)3/h4-9H,10-13H2,1-3H3,(H,22,23). The Balaban J connectivity index is 1.58. The van der Waals surface area contributed by atoms with E-state index >= 15 is 0 Å². The van der Waals surface area contributed by atoms with Crippen molar-refractivity contribution in [1.82, 2.24) is 20.0 Å². The number of nitrogens with one attached hydrogen (secondary N) is 1. The Bertz CT molecular complexity index is 970. The average Bonchev–Trinajstić information content (AvgIpc) is 3.27. The molecule has 1 N–H and O–H groups in total. The third-order valence-electron chi connectivity index (χ3n) is 5.04. The van der Waals surface area contributed by atoms with Crippen LogP contribution in [0.3, 0.4) is 0 Å². The maximum Gasteiger partial charge on any atom is 0.274 e. The van der Waals surface area contributed by atoms with Crippen molar-refractivity contribution in [3.05, 3.63) is 64.7 Å². The molecule has 0 radical (unpaired) electrons. The molecule has 140 valence electrons. The van der Waals surface area contributed by atoms with E-state index in [1.165, 1.54) is 5.56 Å². The summed E-state index contributed by atoms with van der Waals surface area (Å²) in [5.41, 5.74) is 4.97. The molecule has 3 heterocycles. The maximum atomic E-state index is 12.4. The third-order valence-corrected chi connectivity index (χ3v) is 5.04. The zero-order valence-electron chi connectivity index (χ0n) is 16.0. The third kappa shape index (κ3) is 3.40. The number of H-pyrrole nitrogens is 1. The second kappa shape index (κ2) is 7.04. The van der Waals surface area contributed by atoms with Gasteiger partial charge in [-0.2, -0.15) is 5.10 Å². The normalized spacial score (nSPS) is 14.2. The predicted octanol–water partition coefficient (Wildman–Crippen LogP) is 3.24. The quantitative estimate of drug-likeness (QED) is 0.772. The lowest BCUT2D eigenvalue weighted by molar-refractivity contribution is 0.0819. The van der Waals surface area contributed by atoms with Crippen molar-refractivity contribution in [2.75, 3.05) is 20.6 Å². The van der Waals surface area contributed by atoms with Crippen molar-refractivity contribution in [2.45, 2.75) is 26.4 Å². The molecular formula is C21H24N4O2. The van der Waals surface area contributed by atoms with Crippen molar-refractivity contribution in [3.63, 3.8) is 0 Å². The molecule has 1 aliphatic rings. The number of benzene rings is 1. The zero-order chi connectivity index (χ0) is 19.0. The molecule has 6 nitrogen and oxygen atoms in total. The van der Waals surface area contributed by atoms with Gasteiger partial charge in [0, 0.05) is 57.0 Å². The van der Waals surface area contributed by atoms with E-state index in [4.69, 9.17) is 4.42 Å². The predicted molar refractivity (Wildman–Crippen MR) is 103 cm³/mol. The summed E-state index contributed by atoms with van der Waals surface area (Å²) in [5.74, 6) is 1.75. The van der Waals surface area contributed by atoms with Gasteiger partial charge in [0.15, 0.2) is 5.69 Å².